The zero-order valence-corrected chi connectivity index (χ0v) is 6.60. The molecule has 0 unspecified atom stereocenters. The largest absolute Gasteiger partial charge is 0.363 e. The lowest BCUT2D eigenvalue weighted by molar-refractivity contribution is 0.0999. The Kier molecular flexibility index (Phi) is 1.38. The summed E-state index contributed by atoms with van der Waals surface area (Å²) >= 11 is 1.31. The van der Waals surface area contributed by atoms with Crippen LogP contribution >= 0.6 is 11.3 Å². The number of hydrogen-bond donors (Lipinski definition) is 1. The molecular formula is C6H7N3OS. The van der Waals surface area contributed by atoms with Gasteiger partial charge in [0, 0.05) is 5.92 Å². The number of nitrogens with two attached hydrogens (primary N) is 1. The first-order valence-electron chi connectivity index (χ1n) is 3.40. The molecule has 1 aromatic heterocycles. The van der Waals surface area contributed by atoms with Crippen molar-refractivity contribution < 1.29 is 4.79 Å². The fourth-order valence-corrected chi connectivity index (χ4v) is 1.69. The van der Waals surface area contributed by atoms with E-state index < -0.39 is 5.91 Å². The van der Waals surface area contributed by atoms with Gasteiger partial charge in [-0.3, -0.25) is 4.79 Å². The first-order valence-corrected chi connectivity index (χ1v) is 4.22. The van der Waals surface area contributed by atoms with Crippen molar-refractivity contribution in [3.63, 3.8) is 0 Å². The van der Waals surface area contributed by atoms with Crippen LogP contribution in [0.3, 0.4) is 0 Å². The third kappa shape index (κ3) is 1.23. The van der Waals surface area contributed by atoms with Gasteiger partial charge in [0.2, 0.25) is 5.01 Å². The highest BCUT2D eigenvalue weighted by molar-refractivity contribution is 7.13. The van der Waals surface area contributed by atoms with Crippen LogP contribution in [0.5, 0.6) is 0 Å². The molecule has 1 aromatic rings. The van der Waals surface area contributed by atoms with E-state index in [-0.39, 0.29) is 0 Å². The lowest BCUT2D eigenvalue weighted by Crippen LogP contribution is -2.10. The smallest absolute Gasteiger partial charge is 0.279 e. The van der Waals surface area contributed by atoms with E-state index in [1.165, 1.54) is 24.2 Å². The molecule has 0 radical (unpaired) electrons. The molecule has 0 atom stereocenters. The van der Waals surface area contributed by atoms with Gasteiger partial charge >= 0.3 is 0 Å². The normalized spacial score (nSPS) is 16.7. The highest BCUT2D eigenvalue weighted by Gasteiger charge is 2.28. The number of primary amides is 1. The molecule has 0 aromatic carbocycles. The maximum absolute atomic E-state index is 10.6. The van der Waals surface area contributed by atoms with Crippen molar-refractivity contribution in [3.8, 4) is 0 Å². The molecule has 4 nitrogen and oxygen atoms in total. The van der Waals surface area contributed by atoms with Crippen LogP contribution in [0.4, 0.5) is 0 Å². The fraction of sp³-hybridized carbons (Fsp3) is 0.500. The minimum atomic E-state index is -0.477. The Labute approximate surface area is 67.4 Å². The lowest BCUT2D eigenvalue weighted by atomic mass is 10.5. The average Bonchev–Trinajstić information content (AvgIpc) is 2.68. The maximum Gasteiger partial charge on any atom is 0.279 e. The van der Waals surface area contributed by atoms with E-state index in [2.05, 4.69) is 10.2 Å². The number of amides is 1. The predicted molar refractivity (Wildman–Crippen MR) is 40.4 cm³/mol. The van der Waals surface area contributed by atoms with Gasteiger partial charge in [-0.05, 0) is 12.8 Å². The topological polar surface area (TPSA) is 68.9 Å². The fourth-order valence-electron chi connectivity index (χ4n) is 0.829. The van der Waals surface area contributed by atoms with Crippen molar-refractivity contribution in [1.29, 1.82) is 0 Å². The van der Waals surface area contributed by atoms with Gasteiger partial charge in [0.05, 0.1) is 0 Å². The van der Waals surface area contributed by atoms with Crippen molar-refractivity contribution in [2.45, 2.75) is 18.8 Å². The quantitative estimate of drug-likeness (QED) is 0.701. The van der Waals surface area contributed by atoms with Gasteiger partial charge in [-0.15, -0.1) is 10.2 Å². The molecule has 2 rings (SSSR count). The van der Waals surface area contributed by atoms with E-state index in [0.717, 1.165) is 5.01 Å². The van der Waals surface area contributed by atoms with Crippen LogP contribution in [0.25, 0.3) is 0 Å². The second-order valence-electron chi connectivity index (χ2n) is 2.58. The van der Waals surface area contributed by atoms with E-state index in [1.807, 2.05) is 0 Å². The summed E-state index contributed by atoms with van der Waals surface area (Å²) in [6, 6.07) is 0. The average molecular weight is 169 g/mol. The number of aromatic nitrogens is 2. The Hall–Kier alpha value is -0.970. The number of carbonyl (C=O) groups is 1. The van der Waals surface area contributed by atoms with E-state index in [0.29, 0.717) is 10.9 Å². The van der Waals surface area contributed by atoms with Gasteiger partial charge in [0.1, 0.15) is 5.01 Å². The standard InChI is InChI=1S/C6H7N3OS/c7-4(10)6-9-8-5(11-6)3-1-2-3/h3H,1-2H2,(H2,7,10). The Bertz CT molecular complexity index is 292. The summed E-state index contributed by atoms with van der Waals surface area (Å²) in [6.07, 6.45) is 2.35. The van der Waals surface area contributed by atoms with E-state index in [4.69, 9.17) is 5.73 Å². The van der Waals surface area contributed by atoms with Crippen LogP contribution in [-0.4, -0.2) is 16.1 Å². The van der Waals surface area contributed by atoms with Crippen LogP contribution < -0.4 is 5.73 Å². The monoisotopic (exact) mass is 169 g/mol. The van der Waals surface area contributed by atoms with Crippen LogP contribution in [0.15, 0.2) is 0 Å². The van der Waals surface area contributed by atoms with Crippen molar-refractivity contribution in [1.82, 2.24) is 10.2 Å². The summed E-state index contributed by atoms with van der Waals surface area (Å²) in [6.45, 7) is 0. The minimum Gasteiger partial charge on any atom is -0.363 e. The van der Waals surface area contributed by atoms with E-state index >= 15 is 0 Å². The number of nitrogens with zero attached hydrogens (tertiary/aromatic N) is 2. The summed E-state index contributed by atoms with van der Waals surface area (Å²) in [5, 5.41) is 8.82. The third-order valence-electron chi connectivity index (χ3n) is 1.58. The molecule has 5 heteroatoms. The van der Waals surface area contributed by atoms with Gasteiger partial charge in [-0.1, -0.05) is 11.3 Å². The Morgan fingerprint density at radius 2 is 2.27 bits per heavy atom. The Morgan fingerprint density at radius 3 is 2.73 bits per heavy atom. The minimum absolute atomic E-state index is 0.326. The van der Waals surface area contributed by atoms with Crippen molar-refractivity contribution in [2.75, 3.05) is 0 Å². The molecule has 58 valence electrons. The lowest BCUT2D eigenvalue weighted by Gasteiger charge is -1.81. The molecule has 1 heterocycles. The van der Waals surface area contributed by atoms with Gasteiger partial charge in [0.25, 0.3) is 5.91 Å². The molecule has 0 aliphatic heterocycles. The number of rotatable bonds is 2. The van der Waals surface area contributed by atoms with Crippen LogP contribution in [0.2, 0.25) is 0 Å². The third-order valence-corrected chi connectivity index (χ3v) is 2.68. The first kappa shape index (κ1) is 6.72. The van der Waals surface area contributed by atoms with Crippen LogP contribution in [0, 0.1) is 0 Å². The van der Waals surface area contributed by atoms with Gasteiger partial charge < -0.3 is 5.73 Å². The highest BCUT2D eigenvalue weighted by Crippen LogP contribution is 2.41. The Balaban J connectivity index is 2.25. The molecule has 1 fully saturated rings. The molecule has 11 heavy (non-hydrogen) atoms. The van der Waals surface area contributed by atoms with E-state index in [9.17, 15) is 4.79 Å². The van der Waals surface area contributed by atoms with Gasteiger partial charge in [-0.25, -0.2) is 0 Å². The Morgan fingerprint density at radius 1 is 1.55 bits per heavy atom. The number of carbonyl (C=O) groups excluding carboxylic acids is 1. The van der Waals surface area contributed by atoms with Crippen molar-refractivity contribution >= 4 is 17.2 Å². The van der Waals surface area contributed by atoms with Crippen molar-refractivity contribution in [3.05, 3.63) is 10.0 Å². The molecule has 1 aliphatic carbocycles. The summed E-state index contributed by atoms with van der Waals surface area (Å²) in [7, 11) is 0. The zero-order chi connectivity index (χ0) is 7.84. The summed E-state index contributed by atoms with van der Waals surface area (Å²) in [4.78, 5) is 10.6. The number of hydrogen-bond acceptors (Lipinski definition) is 4. The maximum atomic E-state index is 10.6. The van der Waals surface area contributed by atoms with Crippen molar-refractivity contribution in [2.24, 2.45) is 5.73 Å². The second-order valence-corrected chi connectivity index (χ2v) is 3.59. The summed E-state index contributed by atoms with van der Waals surface area (Å²) in [5.74, 6) is 0.0787. The molecular weight excluding hydrogens is 162 g/mol. The van der Waals surface area contributed by atoms with Crippen LogP contribution in [-0.2, 0) is 0 Å². The molecule has 2 N–H and O–H groups in total. The molecule has 0 spiro atoms. The molecule has 1 aliphatic rings. The van der Waals surface area contributed by atoms with Crippen LogP contribution in [0.1, 0.15) is 33.6 Å². The highest BCUT2D eigenvalue weighted by atomic mass is 32.1. The van der Waals surface area contributed by atoms with E-state index in [1.54, 1.807) is 0 Å². The molecule has 0 saturated heterocycles. The molecule has 1 amide bonds. The van der Waals surface area contributed by atoms with Gasteiger partial charge in [-0.2, -0.15) is 0 Å². The summed E-state index contributed by atoms with van der Waals surface area (Å²) in [5.41, 5.74) is 5.02. The second kappa shape index (κ2) is 2.27. The molecule has 1 saturated carbocycles. The first-order chi connectivity index (χ1) is 5.27. The SMILES string of the molecule is NC(=O)c1nnc(C2CC2)s1. The zero-order valence-electron chi connectivity index (χ0n) is 5.78. The predicted octanol–water partition coefficient (Wildman–Crippen LogP) is 0.514. The van der Waals surface area contributed by atoms with Gasteiger partial charge in [0.15, 0.2) is 0 Å². The molecule has 0 bridgehead atoms. The summed E-state index contributed by atoms with van der Waals surface area (Å²) < 4.78 is 0.